The van der Waals surface area contributed by atoms with Crippen LogP contribution < -0.4 is 5.32 Å². The Balaban J connectivity index is 1.97. The van der Waals surface area contributed by atoms with E-state index < -0.39 is 6.17 Å². The number of nitrogens with zero attached hydrogens (tertiary/aromatic N) is 1. The van der Waals surface area contributed by atoms with E-state index in [4.69, 9.17) is 0 Å². The van der Waals surface area contributed by atoms with Crippen molar-refractivity contribution < 1.29 is 4.39 Å². The van der Waals surface area contributed by atoms with Gasteiger partial charge in [-0.15, -0.1) is 0 Å². The minimum absolute atomic E-state index is 0.624. The first-order chi connectivity index (χ1) is 10.3. The number of hydrogen-bond donors (Lipinski definition) is 1. The highest BCUT2D eigenvalue weighted by Crippen LogP contribution is 2.19. The molecule has 1 N–H and O–H groups in total. The molecule has 3 heteroatoms. The summed E-state index contributed by atoms with van der Waals surface area (Å²) in [4.78, 5) is 2.54. The van der Waals surface area contributed by atoms with Crippen LogP contribution in [0.1, 0.15) is 46.0 Å². The maximum atomic E-state index is 13.2. The third-order valence-corrected chi connectivity index (χ3v) is 4.28. The van der Waals surface area contributed by atoms with Crippen LogP contribution in [0.5, 0.6) is 0 Å². The van der Waals surface area contributed by atoms with Crippen molar-refractivity contribution in [2.75, 3.05) is 32.7 Å². The number of hydrogen-bond acceptors (Lipinski definition) is 2. The van der Waals surface area contributed by atoms with E-state index in [1.165, 1.54) is 38.9 Å². The maximum Gasteiger partial charge on any atom is 0.119 e. The lowest BCUT2D eigenvalue weighted by Crippen LogP contribution is -2.34. The van der Waals surface area contributed by atoms with Gasteiger partial charge in [0.2, 0.25) is 0 Å². The van der Waals surface area contributed by atoms with E-state index in [2.05, 4.69) is 23.2 Å². The molecule has 1 heterocycles. The molecule has 0 saturated carbocycles. The van der Waals surface area contributed by atoms with Gasteiger partial charge in [-0.2, -0.15) is 0 Å². The van der Waals surface area contributed by atoms with Gasteiger partial charge in [0.25, 0.3) is 0 Å². The average Bonchev–Trinajstić information content (AvgIpc) is 2.51. The van der Waals surface area contributed by atoms with Crippen molar-refractivity contribution in [2.45, 2.75) is 52.1 Å². The second kappa shape index (κ2) is 11.9. The predicted molar refractivity (Wildman–Crippen MR) is 90.4 cm³/mol. The Kier molecular flexibility index (Phi) is 10.4. The van der Waals surface area contributed by atoms with E-state index in [0.717, 1.165) is 25.4 Å². The van der Waals surface area contributed by atoms with Gasteiger partial charge in [0.05, 0.1) is 0 Å². The molecule has 1 fully saturated rings. The zero-order valence-electron chi connectivity index (χ0n) is 13.9. The Morgan fingerprint density at radius 3 is 2.67 bits per heavy atom. The quantitative estimate of drug-likeness (QED) is 0.485. The van der Waals surface area contributed by atoms with Crippen molar-refractivity contribution in [1.82, 2.24) is 10.2 Å². The summed E-state index contributed by atoms with van der Waals surface area (Å²) in [6, 6.07) is 0. The molecule has 1 atom stereocenters. The van der Waals surface area contributed by atoms with Gasteiger partial charge in [-0.1, -0.05) is 44.6 Å². The van der Waals surface area contributed by atoms with Gasteiger partial charge < -0.3 is 10.2 Å². The van der Waals surface area contributed by atoms with Crippen LogP contribution in [0.4, 0.5) is 4.39 Å². The zero-order valence-corrected chi connectivity index (χ0v) is 13.9. The number of alkyl halides is 1. The molecule has 0 spiro atoms. The number of halogens is 1. The molecule has 0 aliphatic carbocycles. The SMILES string of the molecule is CCCC(F)/C=C\C=C/CNCCC1CCN(CC)CC1. The van der Waals surface area contributed by atoms with Gasteiger partial charge in [0.1, 0.15) is 6.17 Å². The molecule has 1 rings (SSSR count). The highest BCUT2D eigenvalue weighted by atomic mass is 19.1. The summed E-state index contributed by atoms with van der Waals surface area (Å²) in [7, 11) is 0. The van der Waals surface area contributed by atoms with Gasteiger partial charge >= 0.3 is 0 Å². The third-order valence-electron chi connectivity index (χ3n) is 4.28. The normalized spacial score (nSPS) is 19.8. The van der Waals surface area contributed by atoms with Crippen molar-refractivity contribution in [1.29, 1.82) is 0 Å². The van der Waals surface area contributed by atoms with Gasteiger partial charge in [0, 0.05) is 6.54 Å². The molecule has 1 saturated heterocycles. The van der Waals surface area contributed by atoms with Crippen molar-refractivity contribution in [2.24, 2.45) is 5.92 Å². The van der Waals surface area contributed by atoms with E-state index in [9.17, 15) is 4.39 Å². The van der Waals surface area contributed by atoms with E-state index in [1.54, 1.807) is 6.08 Å². The minimum Gasteiger partial charge on any atom is -0.313 e. The van der Waals surface area contributed by atoms with E-state index >= 15 is 0 Å². The predicted octanol–water partition coefficient (Wildman–Crippen LogP) is 3.95. The molecular formula is C18H33FN2. The first kappa shape index (κ1) is 18.4. The fourth-order valence-electron chi connectivity index (χ4n) is 2.79. The summed E-state index contributed by atoms with van der Waals surface area (Å²) in [5.74, 6) is 0.894. The molecule has 0 aromatic heterocycles. The van der Waals surface area contributed by atoms with Crippen LogP contribution in [0.2, 0.25) is 0 Å². The first-order valence-electron chi connectivity index (χ1n) is 8.66. The van der Waals surface area contributed by atoms with E-state index in [-0.39, 0.29) is 0 Å². The third kappa shape index (κ3) is 9.05. The molecular weight excluding hydrogens is 263 g/mol. The first-order valence-corrected chi connectivity index (χ1v) is 8.66. The average molecular weight is 296 g/mol. The van der Waals surface area contributed by atoms with Crippen molar-refractivity contribution in [3.63, 3.8) is 0 Å². The minimum atomic E-state index is -0.790. The summed E-state index contributed by atoms with van der Waals surface area (Å²) in [6.45, 7) is 9.96. The Morgan fingerprint density at radius 2 is 2.00 bits per heavy atom. The summed E-state index contributed by atoms with van der Waals surface area (Å²) in [6.07, 6.45) is 12.2. The van der Waals surface area contributed by atoms with Crippen LogP contribution in [0, 0.1) is 5.92 Å². The Morgan fingerprint density at radius 1 is 1.24 bits per heavy atom. The van der Waals surface area contributed by atoms with Crippen LogP contribution >= 0.6 is 0 Å². The maximum absolute atomic E-state index is 13.2. The zero-order chi connectivity index (χ0) is 15.3. The van der Waals surface area contributed by atoms with Crippen LogP contribution in [0.25, 0.3) is 0 Å². The lowest BCUT2D eigenvalue weighted by atomic mass is 9.93. The molecule has 0 aromatic rings. The van der Waals surface area contributed by atoms with Crippen molar-refractivity contribution >= 4 is 0 Å². The van der Waals surface area contributed by atoms with Crippen LogP contribution in [0.3, 0.4) is 0 Å². The highest BCUT2D eigenvalue weighted by Gasteiger charge is 2.16. The fourth-order valence-corrected chi connectivity index (χ4v) is 2.79. The number of likely N-dealkylation sites (tertiary alicyclic amines) is 1. The molecule has 0 aromatic carbocycles. The number of piperidine rings is 1. The lowest BCUT2D eigenvalue weighted by molar-refractivity contribution is 0.186. The Labute approximate surface area is 130 Å². The molecule has 0 radical (unpaired) electrons. The second-order valence-corrected chi connectivity index (χ2v) is 5.99. The summed E-state index contributed by atoms with van der Waals surface area (Å²) >= 11 is 0. The van der Waals surface area contributed by atoms with Crippen LogP contribution in [-0.2, 0) is 0 Å². The molecule has 21 heavy (non-hydrogen) atoms. The number of nitrogens with one attached hydrogen (secondary N) is 1. The number of rotatable bonds is 10. The van der Waals surface area contributed by atoms with Gasteiger partial charge in [-0.05, 0) is 57.8 Å². The van der Waals surface area contributed by atoms with Crippen LogP contribution in [0.15, 0.2) is 24.3 Å². The van der Waals surface area contributed by atoms with Crippen molar-refractivity contribution in [3.8, 4) is 0 Å². The molecule has 1 aliphatic rings. The summed E-state index contributed by atoms with van der Waals surface area (Å²) < 4.78 is 13.2. The molecule has 1 aliphatic heterocycles. The van der Waals surface area contributed by atoms with Crippen molar-refractivity contribution in [3.05, 3.63) is 24.3 Å². The highest BCUT2D eigenvalue weighted by molar-refractivity contribution is 5.05. The molecule has 0 amide bonds. The second-order valence-electron chi connectivity index (χ2n) is 5.99. The van der Waals surface area contributed by atoms with E-state index in [1.807, 2.05) is 19.1 Å². The summed E-state index contributed by atoms with van der Waals surface area (Å²) in [5.41, 5.74) is 0. The largest absolute Gasteiger partial charge is 0.313 e. The Bertz CT molecular complexity index is 294. The molecule has 1 unspecified atom stereocenters. The fraction of sp³-hybridized carbons (Fsp3) is 0.778. The topological polar surface area (TPSA) is 15.3 Å². The molecule has 122 valence electrons. The van der Waals surface area contributed by atoms with Gasteiger partial charge in [-0.25, -0.2) is 4.39 Å². The lowest BCUT2D eigenvalue weighted by Gasteiger charge is -2.31. The standard InChI is InChI=1S/C18H33FN2/c1-3-8-18(19)9-6-5-7-13-20-14-10-17-11-15-21(4-2)16-12-17/h5-7,9,17-18,20H,3-4,8,10-16H2,1-2H3/b7-5-,9-6-. The number of allylic oxidation sites excluding steroid dienone is 3. The molecule has 2 nitrogen and oxygen atoms in total. The smallest absolute Gasteiger partial charge is 0.119 e. The van der Waals surface area contributed by atoms with Gasteiger partial charge in [0.15, 0.2) is 0 Å². The van der Waals surface area contributed by atoms with E-state index in [0.29, 0.717) is 6.42 Å². The summed E-state index contributed by atoms with van der Waals surface area (Å²) in [5, 5.41) is 3.44. The van der Waals surface area contributed by atoms with Gasteiger partial charge in [-0.3, -0.25) is 0 Å². The molecule has 0 bridgehead atoms. The Hall–Kier alpha value is -0.670. The monoisotopic (exact) mass is 296 g/mol. The van der Waals surface area contributed by atoms with Crippen LogP contribution in [-0.4, -0.2) is 43.8 Å².